The Morgan fingerprint density at radius 3 is 2.67 bits per heavy atom. The molecule has 1 aliphatic heterocycles. The topological polar surface area (TPSA) is 33.3 Å². The van der Waals surface area contributed by atoms with Crippen molar-refractivity contribution in [3.05, 3.63) is 34.3 Å². The van der Waals surface area contributed by atoms with Crippen molar-refractivity contribution in [2.45, 2.75) is 56.0 Å². The van der Waals surface area contributed by atoms with Gasteiger partial charge in [0.2, 0.25) is 0 Å². The van der Waals surface area contributed by atoms with Crippen LogP contribution in [0.4, 0.5) is 0 Å². The van der Waals surface area contributed by atoms with Gasteiger partial charge in [0.1, 0.15) is 0 Å². The van der Waals surface area contributed by atoms with Gasteiger partial charge in [-0.05, 0) is 49.3 Å². The summed E-state index contributed by atoms with van der Waals surface area (Å²) >= 11 is 3.56. The molecular weight excluding hydrogens is 364 g/mol. The van der Waals surface area contributed by atoms with Crippen molar-refractivity contribution in [1.29, 1.82) is 0 Å². The maximum absolute atomic E-state index is 5.71. The Labute approximate surface area is 154 Å². The second-order valence-corrected chi connectivity index (χ2v) is 8.77. The number of benzene rings is 1. The fourth-order valence-corrected chi connectivity index (χ4v) is 5.15. The number of hydrogen-bond acceptors (Lipinski definition) is 3. The molecule has 3 unspecified atom stereocenters. The smallest absolute Gasteiger partial charge is 0.0623 e. The van der Waals surface area contributed by atoms with Gasteiger partial charge in [0, 0.05) is 35.1 Å². The van der Waals surface area contributed by atoms with Crippen molar-refractivity contribution in [3.8, 4) is 0 Å². The van der Waals surface area contributed by atoms with Crippen LogP contribution in [-0.2, 0) is 10.2 Å². The van der Waals surface area contributed by atoms with Crippen molar-refractivity contribution in [2.24, 2.45) is 5.92 Å². The summed E-state index contributed by atoms with van der Waals surface area (Å²) in [7, 11) is 0. The minimum atomic E-state index is 0.365. The van der Waals surface area contributed by atoms with E-state index < -0.39 is 0 Å². The predicted octanol–water partition coefficient (Wildman–Crippen LogP) is 3.62. The summed E-state index contributed by atoms with van der Waals surface area (Å²) in [4.78, 5) is 0. The first-order valence-electron chi connectivity index (χ1n) is 9.57. The van der Waals surface area contributed by atoms with Crippen LogP contribution in [0, 0.1) is 5.92 Å². The predicted molar refractivity (Wildman–Crippen MR) is 101 cm³/mol. The number of nitrogens with one attached hydrogen (secondary N) is 2. The molecule has 132 valence electrons. The van der Waals surface area contributed by atoms with Gasteiger partial charge in [-0.2, -0.15) is 0 Å². The number of rotatable bonds is 5. The second kappa shape index (κ2) is 7.45. The molecule has 1 heterocycles. The van der Waals surface area contributed by atoms with Crippen molar-refractivity contribution >= 4 is 15.9 Å². The van der Waals surface area contributed by atoms with E-state index in [1.165, 1.54) is 48.6 Å². The summed E-state index contributed by atoms with van der Waals surface area (Å²) in [6.45, 7) is 3.90. The highest BCUT2D eigenvalue weighted by molar-refractivity contribution is 9.10. The first-order chi connectivity index (χ1) is 11.8. The average Bonchev–Trinajstić information content (AvgIpc) is 3.05. The Morgan fingerprint density at radius 2 is 2.00 bits per heavy atom. The van der Waals surface area contributed by atoms with Crippen molar-refractivity contribution in [3.63, 3.8) is 0 Å². The number of morpholine rings is 1. The molecule has 1 saturated heterocycles. The molecule has 0 radical (unpaired) electrons. The molecule has 3 aliphatic rings. The molecule has 1 aromatic rings. The Morgan fingerprint density at radius 1 is 1.17 bits per heavy atom. The van der Waals surface area contributed by atoms with E-state index in [-0.39, 0.29) is 0 Å². The van der Waals surface area contributed by atoms with Gasteiger partial charge in [0.15, 0.2) is 0 Å². The van der Waals surface area contributed by atoms with Gasteiger partial charge >= 0.3 is 0 Å². The molecular formula is C20H29BrN2O. The lowest BCUT2D eigenvalue weighted by Gasteiger charge is -2.44. The quantitative estimate of drug-likeness (QED) is 0.802. The third kappa shape index (κ3) is 3.44. The molecule has 24 heavy (non-hydrogen) atoms. The minimum Gasteiger partial charge on any atom is -0.379 e. The summed E-state index contributed by atoms with van der Waals surface area (Å²) in [6.07, 6.45) is 8.02. The molecule has 2 N–H and O–H groups in total. The standard InChI is InChI=1S/C20H29BrN2O/c21-16-7-5-15(6-8-16)20(9-2-10-20)14-23-18-4-1-3-17(18)19-13-24-12-11-22-19/h5-8,17-19,22-23H,1-4,9-14H2. The lowest BCUT2D eigenvalue weighted by Crippen LogP contribution is -2.53. The summed E-state index contributed by atoms with van der Waals surface area (Å²) in [5, 5.41) is 7.66. The highest BCUT2D eigenvalue weighted by Gasteiger charge is 2.41. The highest BCUT2D eigenvalue weighted by Crippen LogP contribution is 2.44. The first kappa shape index (κ1) is 17.0. The van der Waals surface area contributed by atoms with E-state index in [9.17, 15) is 0 Å². The van der Waals surface area contributed by atoms with E-state index >= 15 is 0 Å². The lowest BCUT2D eigenvalue weighted by molar-refractivity contribution is 0.0515. The Hall–Kier alpha value is -0.420. The summed E-state index contributed by atoms with van der Waals surface area (Å²) in [5.74, 6) is 0.729. The van der Waals surface area contributed by atoms with E-state index in [2.05, 4.69) is 50.8 Å². The van der Waals surface area contributed by atoms with Gasteiger partial charge in [-0.15, -0.1) is 0 Å². The van der Waals surface area contributed by atoms with Crippen LogP contribution >= 0.6 is 15.9 Å². The van der Waals surface area contributed by atoms with Crippen LogP contribution in [0.1, 0.15) is 44.1 Å². The van der Waals surface area contributed by atoms with E-state index in [0.29, 0.717) is 17.5 Å². The third-order valence-corrected chi connectivity index (χ3v) is 7.04. The lowest BCUT2D eigenvalue weighted by atomic mass is 9.64. The monoisotopic (exact) mass is 392 g/mol. The molecule has 4 rings (SSSR count). The van der Waals surface area contributed by atoms with E-state index in [1.807, 2.05) is 0 Å². The number of halogens is 1. The van der Waals surface area contributed by atoms with Crippen molar-refractivity contribution < 1.29 is 4.74 Å². The van der Waals surface area contributed by atoms with E-state index in [1.54, 1.807) is 0 Å². The molecule has 0 aromatic heterocycles. The van der Waals surface area contributed by atoms with Crippen LogP contribution in [0.2, 0.25) is 0 Å². The van der Waals surface area contributed by atoms with Gasteiger partial charge < -0.3 is 15.4 Å². The molecule has 2 aliphatic carbocycles. The van der Waals surface area contributed by atoms with Crippen LogP contribution < -0.4 is 10.6 Å². The zero-order valence-corrected chi connectivity index (χ0v) is 16.0. The van der Waals surface area contributed by atoms with Crippen molar-refractivity contribution in [1.82, 2.24) is 10.6 Å². The van der Waals surface area contributed by atoms with Crippen LogP contribution in [0.25, 0.3) is 0 Å². The Bertz CT molecular complexity index is 537. The maximum Gasteiger partial charge on any atom is 0.0623 e. The number of hydrogen-bond donors (Lipinski definition) is 2. The SMILES string of the molecule is Brc1ccc(C2(CNC3CCCC3C3COCCN3)CCC2)cc1. The zero-order chi connectivity index (χ0) is 16.4. The molecule has 3 atom stereocenters. The molecule has 0 spiro atoms. The molecule has 4 heteroatoms. The fraction of sp³-hybridized carbons (Fsp3) is 0.700. The van der Waals surface area contributed by atoms with Crippen LogP contribution in [0.3, 0.4) is 0 Å². The normalized spacial score (nSPS) is 32.5. The van der Waals surface area contributed by atoms with Crippen LogP contribution in [0.5, 0.6) is 0 Å². The third-order valence-electron chi connectivity index (χ3n) is 6.51. The Kier molecular flexibility index (Phi) is 5.28. The molecule has 0 bridgehead atoms. The average molecular weight is 393 g/mol. The van der Waals surface area contributed by atoms with Gasteiger partial charge in [0.05, 0.1) is 13.2 Å². The largest absolute Gasteiger partial charge is 0.379 e. The van der Waals surface area contributed by atoms with Crippen LogP contribution in [0.15, 0.2) is 28.7 Å². The molecule has 2 saturated carbocycles. The number of ether oxygens (including phenoxy) is 1. The highest BCUT2D eigenvalue weighted by atomic mass is 79.9. The molecule has 3 nitrogen and oxygen atoms in total. The van der Waals surface area contributed by atoms with E-state index in [4.69, 9.17) is 4.74 Å². The van der Waals surface area contributed by atoms with Gasteiger partial charge in [-0.3, -0.25) is 0 Å². The van der Waals surface area contributed by atoms with Crippen molar-refractivity contribution in [2.75, 3.05) is 26.3 Å². The second-order valence-electron chi connectivity index (χ2n) is 7.86. The van der Waals surface area contributed by atoms with E-state index in [0.717, 1.165) is 32.2 Å². The molecule has 3 fully saturated rings. The van der Waals surface area contributed by atoms with Crippen LogP contribution in [-0.4, -0.2) is 38.4 Å². The minimum absolute atomic E-state index is 0.365. The van der Waals surface area contributed by atoms with Gasteiger partial charge in [-0.25, -0.2) is 0 Å². The Balaban J connectivity index is 1.40. The van der Waals surface area contributed by atoms with Gasteiger partial charge in [0.25, 0.3) is 0 Å². The molecule has 0 amide bonds. The summed E-state index contributed by atoms with van der Waals surface area (Å²) < 4.78 is 6.88. The van der Waals surface area contributed by atoms with Gasteiger partial charge in [-0.1, -0.05) is 40.9 Å². The summed E-state index contributed by atoms with van der Waals surface area (Å²) in [6, 6.07) is 10.2. The summed E-state index contributed by atoms with van der Waals surface area (Å²) in [5.41, 5.74) is 1.88. The maximum atomic E-state index is 5.71. The fourth-order valence-electron chi connectivity index (χ4n) is 4.89. The first-order valence-corrected chi connectivity index (χ1v) is 10.4. The zero-order valence-electron chi connectivity index (χ0n) is 14.4. The molecule has 1 aromatic carbocycles.